The Morgan fingerprint density at radius 3 is 2.55 bits per heavy atom. The molecular formula is C16H27N3O. The summed E-state index contributed by atoms with van der Waals surface area (Å²) >= 11 is 0. The molecule has 0 atom stereocenters. The van der Waals surface area contributed by atoms with Gasteiger partial charge in [0.25, 0.3) is 0 Å². The summed E-state index contributed by atoms with van der Waals surface area (Å²) in [5.41, 5.74) is 2.52. The smallest absolute Gasteiger partial charge is 0.225 e. The zero-order chi connectivity index (χ0) is 14.9. The van der Waals surface area contributed by atoms with Crippen LogP contribution < -0.4 is 0 Å². The number of rotatable bonds is 3. The molecule has 1 amide bonds. The Kier molecular flexibility index (Phi) is 4.21. The molecule has 0 unspecified atom stereocenters. The van der Waals surface area contributed by atoms with Gasteiger partial charge in [0.1, 0.15) is 0 Å². The number of hydrogen-bond acceptors (Lipinski definition) is 2. The number of nitrogens with zero attached hydrogens (tertiary/aromatic N) is 3. The Balaban J connectivity index is 2.17. The van der Waals surface area contributed by atoms with Crippen LogP contribution in [0.3, 0.4) is 0 Å². The third kappa shape index (κ3) is 2.74. The molecule has 0 N–H and O–H groups in total. The minimum Gasteiger partial charge on any atom is -0.338 e. The zero-order valence-electron chi connectivity index (χ0n) is 13.4. The van der Waals surface area contributed by atoms with Crippen molar-refractivity contribution < 1.29 is 4.79 Å². The van der Waals surface area contributed by atoms with E-state index in [1.165, 1.54) is 11.3 Å². The molecule has 20 heavy (non-hydrogen) atoms. The highest BCUT2D eigenvalue weighted by Gasteiger charge is 2.29. The van der Waals surface area contributed by atoms with E-state index in [0.29, 0.717) is 5.91 Å². The Labute approximate surface area is 122 Å². The molecule has 0 aromatic carbocycles. The first-order valence-corrected chi connectivity index (χ1v) is 7.73. The first kappa shape index (κ1) is 15.1. The van der Waals surface area contributed by atoms with E-state index in [-0.39, 0.29) is 11.5 Å². The molecule has 1 aliphatic rings. The first-order valence-electron chi connectivity index (χ1n) is 7.73. The number of carbonyl (C=O) groups is 1. The van der Waals surface area contributed by atoms with Crippen molar-refractivity contribution >= 4 is 5.91 Å². The van der Waals surface area contributed by atoms with Crippen molar-refractivity contribution in [2.75, 3.05) is 6.54 Å². The van der Waals surface area contributed by atoms with Crippen molar-refractivity contribution in [3.63, 3.8) is 0 Å². The third-order valence-electron chi connectivity index (χ3n) is 4.22. The lowest BCUT2D eigenvalue weighted by Gasteiger charge is -2.32. The molecule has 112 valence electrons. The molecule has 4 heteroatoms. The summed E-state index contributed by atoms with van der Waals surface area (Å²) in [6.45, 7) is 12.2. The molecule has 1 aromatic rings. The molecule has 1 aromatic heterocycles. The SMILES string of the molecule is CCC(CC)C(=O)N1CCc2c(cnn2C(C)(C)C)C1. The molecule has 1 aliphatic heterocycles. The van der Waals surface area contributed by atoms with Crippen LogP contribution >= 0.6 is 0 Å². The maximum Gasteiger partial charge on any atom is 0.225 e. The minimum absolute atomic E-state index is 0.00906. The zero-order valence-corrected chi connectivity index (χ0v) is 13.4. The van der Waals surface area contributed by atoms with E-state index in [0.717, 1.165) is 32.4 Å². The fraction of sp³-hybridized carbons (Fsp3) is 0.750. The molecule has 2 rings (SSSR count). The standard InChI is InChI=1S/C16H27N3O/c1-6-12(7-2)15(20)18-9-8-14-13(11-18)10-17-19(14)16(3,4)5/h10,12H,6-9,11H2,1-5H3. The van der Waals surface area contributed by atoms with E-state index in [1.807, 2.05) is 11.1 Å². The van der Waals surface area contributed by atoms with E-state index in [4.69, 9.17) is 0 Å². The second-order valence-electron chi connectivity index (χ2n) is 6.72. The van der Waals surface area contributed by atoms with Crippen LogP contribution in [0, 0.1) is 5.92 Å². The van der Waals surface area contributed by atoms with Crippen LogP contribution in [0.4, 0.5) is 0 Å². The summed E-state index contributed by atoms with van der Waals surface area (Å²) in [4.78, 5) is 14.5. The fourth-order valence-electron chi connectivity index (χ4n) is 2.99. The van der Waals surface area contributed by atoms with Crippen molar-refractivity contribution in [2.24, 2.45) is 5.92 Å². The van der Waals surface area contributed by atoms with Gasteiger partial charge in [-0.3, -0.25) is 9.48 Å². The predicted octanol–water partition coefficient (Wildman–Crippen LogP) is 2.96. The van der Waals surface area contributed by atoms with E-state index in [1.54, 1.807) is 0 Å². The lowest BCUT2D eigenvalue weighted by atomic mass is 9.99. The lowest BCUT2D eigenvalue weighted by Crippen LogP contribution is -2.40. The van der Waals surface area contributed by atoms with E-state index < -0.39 is 0 Å². The molecule has 0 radical (unpaired) electrons. The molecular weight excluding hydrogens is 250 g/mol. The number of aromatic nitrogens is 2. The lowest BCUT2D eigenvalue weighted by molar-refractivity contribution is -0.136. The second-order valence-corrected chi connectivity index (χ2v) is 6.72. The van der Waals surface area contributed by atoms with Gasteiger partial charge >= 0.3 is 0 Å². The number of carbonyl (C=O) groups excluding carboxylic acids is 1. The van der Waals surface area contributed by atoms with Crippen molar-refractivity contribution in [1.82, 2.24) is 14.7 Å². The Bertz CT molecular complexity index is 480. The van der Waals surface area contributed by atoms with Gasteiger partial charge in [-0.15, -0.1) is 0 Å². The van der Waals surface area contributed by atoms with Crippen molar-refractivity contribution in [3.8, 4) is 0 Å². The van der Waals surface area contributed by atoms with Gasteiger partial charge in [-0.1, -0.05) is 13.8 Å². The van der Waals surface area contributed by atoms with Crippen LogP contribution in [0.2, 0.25) is 0 Å². The fourth-order valence-corrected chi connectivity index (χ4v) is 2.99. The summed E-state index contributed by atoms with van der Waals surface area (Å²) < 4.78 is 2.11. The molecule has 0 saturated heterocycles. The highest BCUT2D eigenvalue weighted by molar-refractivity contribution is 5.79. The highest BCUT2D eigenvalue weighted by Crippen LogP contribution is 2.25. The summed E-state index contributed by atoms with van der Waals surface area (Å²) in [7, 11) is 0. The quantitative estimate of drug-likeness (QED) is 0.852. The Morgan fingerprint density at radius 1 is 1.35 bits per heavy atom. The summed E-state index contributed by atoms with van der Waals surface area (Å²) in [6.07, 6.45) is 4.71. The molecule has 0 aliphatic carbocycles. The summed E-state index contributed by atoms with van der Waals surface area (Å²) in [5.74, 6) is 0.485. The van der Waals surface area contributed by atoms with Crippen LogP contribution in [-0.2, 0) is 23.3 Å². The van der Waals surface area contributed by atoms with Crippen LogP contribution in [-0.4, -0.2) is 27.1 Å². The number of hydrogen-bond donors (Lipinski definition) is 0. The number of fused-ring (bicyclic) bond motifs is 1. The largest absolute Gasteiger partial charge is 0.338 e. The van der Waals surface area contributed by atoms with Gasteiger partial charge in [-0.25, -0.2) is 0 Å². The van der Waals surface area contributed by atoms with Crippen molar-refractivity contribution in [3.05, 3.63) is 17.5 Å². The van der Waals surface area contributed by atoms with Gasteiger partial charge < -0.3 is 4.90 Å². The van der Waals surface area contributed by atoms with Crippen LogP contribution in [0.1, 0.15) is 58.7 Å². The Morgan fingerprint density at radius 2 is 2.00 bits per heavy atom. The third-order valence-corrected chi connectivity index (χ3v) is 4.22. The maximum absolute atomic E-state index is 12.5. The monoisotopic (exact) mass is 277 g/mol. The normalized spacial score (nSPS) is 15.6. The average Bonchev–Trinajstić information content (AvgIpc) is 2.82. The van der Waals surface area contributed by atoms with Crippen LogP contribution in [0.5, 0.6) is 0 Å². The number of amides is 1. The van der Waals surface area contributed by atoms with E-state index in [9.17, 15) is 4.79 Å². The van der Waals surface area contributed by atoms with E-state index in [2.05, 4.69) is 44.4 Å². The van der Waals surface area contributed by atoms with Gasteiger partial charge in [0.15, 0.2) is 0 Å². The maximum atomic E-state index is 12.5. The Hall–Kier alpha value is -1.32. The first-order chi connectivity index (χ1) is 9.38. The van der Waals surface area contributed by atoms with E-state index >= 15 is 0 Å². The second kappa shape index (κ2) is 5.58. The molecule has 4 nitrogen and oxygen atoms in total. The molecule has 0 saturated carbocycles. The minimum atomic E-state index is 0.00906. The van der Waals surface area contributed by atoms with Gasteiger partial charge in [-0.2, -0.15) is 5.10 Å². The highest BCUT2D eigenvalue weighted by atomic mass is 16.2. The average molecular weight is 277 g/mol. The molecule has 0 fully saturated rings. The predicted molar refractivity (Wildman–Crippen MR) is 80.4 cm³/mol. The van der Waals surface area contributed by atoms with Crippen molar-refractivity contribution in [2.45, 2.75) is 66.0 Å². The molecule has 2 heterocycles. The summed E-state index contributed by atoms with van der Waals surface area (Å²) in [5, 5.41) is 4.53. The van der Waals surface area contributed by atoms with Gasteiger partial charge in [-0.05, 0) is 33.6 Å². The van der Waals surface area contributed by atoms with Gasteiger partial charge in [0.05, 0.1) is 11.7 Å². The van der Waals surface area contributed by atoms with Crippen LogP contribution in [0.25, 0.3) is 0 Å². The van der Waals surface area contributed by atoms with Crippen molar-refractivity contribution in [1.29, 1.82) is 0 Å². The molecule has 0 bridgehead atoms. The molecule has 0 spiro atoms. The van der Waals surface area contributed by atoms with Gasteiger partial charge in [0.2, 0.25) is 5.91 Å². The topological polar surface area (TPSA) is 38.1 Å². The summed E-state index contributed by atoms with van der Waals surface area (Å²) in [6, 6.07) is 0. The van der Waals surface area contributed by atoms with Crippen LogP contribution in [0.15, 0.2) is 6.20 Å². The van der Waals surface area contributed by atoms with Gasteiger partial charge in [0, 0.05) is 36.7 Å².